The van der Waals surface area contributed by atoms with Crippen molar-refractivity contribution in [2.75, 3.05) is 0 Å². The van der Waals surface area contributed by atoms with E-state index in [0.717, 1.165) is 38.5 Å². The molecule has 4 heteroatoms. The average Bonchev–Trinajstić information content (AvgIpc) is 2.90. The van der Waals surface area contributed by atoms with Crippen LogP contribution in [0.1, 0.15) is 79.6 Å². The van der Waals surface area contributed by atoms with E-state index in [1.165, 1.54) is 12.5 Å². The van der Waals surface area contributed by atoms with Gasteiger partial charge in [0.1, 0.15) is 0 Å². The molecule has 0 spiro atoms. The van der Waals surface area contributed by atoms with Crippen LogP contribution in [0.15, 0.2) is 11.6 Å². The topological polar surface area (TPSA) is 63.6 Å². The van der Waals surface area contributed by atoms with Crippen LogP contribution in [0.4, 0.5) is 0 Å². The van der Waals surface area contributed by atoms with Crippen molar-refractivity contribution in [2.45, 2.75) is 91.3 Å². The number of carbonyl (C=O) groups is 2. The van der Waals surface area contributed by atoms with Crippen LogP contribution in [0, 0.1) is 34.5 Å². The predicted molar refractivity (Wildman–Crippen MR) is 107 cm³/mol. The highest BCUT2D eigenvalue weighted by Gasteiger charge is 2.68. The molecular weight excluding hydrogens is 352 g/mol. The zero-order valence-electron chi connectivity index (χ0n) is 18.1. The minimum atomic E-state index is -0.947. The van der Waals surface area contributed by atoms with E-state index >= 15 is 0 Å². The number of hydrogen-bond acceptors (Lipinski definition) is 4. The molecule has 28 heavy (non-hydrogen) atoms. The second-order valence-corrected chi connectivity index (χ2v) is 10.6. The van der Waals surface area contributed by atoms with Crippen LogP contribution in [-0.2, 0) is 14.3 Å². The van der Waals surface area contributed by atoms with Gasteiger partial charge in [-0.25, -0.2) is 0 Å². The summed E-state index contributed by atoms with van der Waals surface area (Å²) in [4.78, 5) is 24.7. The molecule has 4 nitrogen and oxygen atoms in total. The van der Waals surface area contributed by atoms with Crippen LogP contribution < -0.4 is 0 Å². The highest BCUT2D eigenvalue weighted by atomic mass is 16.6. The van der Waals surface area contributed by atoms with E-state index in [2.05, 4.69) is 26.8 Å². The van der Waals surface area contributed by atoms with Gasteiger partial charge in [-0.15, -0.1) is 0 Å². The molecule has 0 amide bonds. The maximum Gasteiger partial charge on any atom is 0.303 e. The summed E-state index contributed by atoms with van der Waals surface area (Å²) in [6, 6.07) is 0. The fourth-order valence-electron chi connectivity index (χ4n) is 8.20. The minimum absolute atomic E-state index is 0.0163. The first-order chi connectivity index (χ1) is 13.0. The molecular formula is C24H36O4. The van der Waals surface area contributed by atoms with Crippen molar-refractivity contribution in [3.63, 3.8) is 0 Å². The van der Waals surface area contributed by atoms with Crippen molar-refractivity contribution in [2.24, 2.45) is 34.5 Å². The highest BCUT2D eigenvalue weighted by molar-refractivity contribution is 5.89. The number of carbonyl (C=O) groups excluding carboxylic acids is 2. The number of ether oxygens (including phenoxy) is 1. The molecule has 4 rings (SSSR count). The molecule has 1 N–H and O–H groups in total. The van der Waals surface area contributed by atoms with E-state index in [1.807, 2.05) is 0 Å². The number of esters is 1. The van der Waals surface area contributed by atoms with Crippen LogP contribution in [0.25, 0.3) is 0 Å². The van der Waals surface area contributed by atoms with Gasteiger partial charge in [-0.3, -0.25) is 9.59 Å². The molecule has 0 unspecified atom stereocenters. The first kappa shape index (κ1) is 20.1. The monoisotopic (exact) mass is 388 g/mol. The third-order valence-electron chi connectivity index (χ3n) is 9.41. The first-order valence-electron chi connectivity index (χ1n) is 11.2. The summed E-state index contributed by atoms with van der Waals surface area (Å²) in [6.07, 6.45) is 8.51. The van der Waals surface area contributed by atoms with Crippen LogP contribution in [0.3, 0.4) is 0 Å². The lowest BCUT2D eigenvalue weighted by molar-refractivity contribution is -0.187. The fourth-order valence-corrected chi connectivity index (χ4v) is 8.20. The average molecular weight is 389 g/mol. The van der Waals surface area contributed by atoms with E-state index in [0.29, 0.717) is 30.1 Å². The van der Waals surface area contributed by atoms with Crippen LogP contribution in [0.2, 0.25) is 0 Å². The van der Waals surface area contributed by atoms with E-state index in [1.54, 1.807) is 6.92 Å². The lowest BCUT2D eigenvalue weighted by Crippen LogP contribution is -2.59. The summed E-state index contributed by atoms with van der Waals surface area (Å²) in [7, 11) is 0. The van der Waals surface area contributed by atoms with Gasteiger partial charge in [0.25, 0.3) is 0 Å². The Balaban J connectivity index is 1.73. The van der Waals surface area contributed by atoms with E-state index in [4.69, 9.17) is 4.74 Å². The number of fused-ring (bicyclic) bond motifs is 5. The smallest absolute Gasteiger partial charge is 0.303 e. The Morgan fingerprint density at radius 1 is 1.07 bits per heavy atom. The molecule has 156 valence electrons. The van der Waals surface area contributed by atoms with E-state index < -0.39 is 5.60 Å². The maximum atomic E-state index is 12.8. The van der Waals surface area contributed by atoms with Crippen molar-refractivity contribution in [3.05, 3.63) is 11.6 Å². The molecule has 0 aliphatic heterocycles. The summed E-state index contributed by atoms with van der Waals surface area (Å²) in [5, 5.41) is 10.2. The summed E-state index contributed by atoms with van der Waals surface area (Å²) < 4.78 is 5.85. The third kappa shape index (κ3) is 2.52. The van der Waals surface area contributed by atoms with Gasteiger partial charge in [-0.2, -0.15) is 0 Å². The van der Waals surface area contributed by atoms with Crippen LogP contribution >= 0.6 is 0 Å². The first-order valence-corrected chi connectivity index (χ1v) is 11.2. The van der Waals surface area contributed by atoms with Gasteiger partial charge < -0.3 is 9.84 Å². The predicted octanol–water partition coefficient (Wildman–Crippen LogP) is 4.45. The maximum absolute atomic E-state index is 12.8. The lowest BCUT2D eigenvalue weighted by Gasteiger charge is -2.60. The Morgan fingerprint density at radius 3 is 2.39 bits per heavy atom. The van der Waals surface area contributed by atoms with E-state index in [9.17, 15) is 14.7 Å². The number of Topliss-reactive ketones (excluding diaryl/α,β-unsaturated/α-hetero) is 1. The Kier molecular flexibility index (Phi) is 4.61. The molecule has 0 aromatic carbocycles. The van der Waals surface area contributed by atoms with Crippen molar-refractivity contribution >= 4 is 11.8 Å². The molecule has 0 bridgehead atoms. The normalized spacial score (nSPS) is 50.1. The zero-order chi connectivity index (χ0) is 20.5. The molecule has 4 aliphatic rings. The molecule has 0 aromatic heterocycles. The summed E-state index contributed by atoms with van der Waals surface area (Å²) >= 11 is 0. The number of hydrogen-bond donors (Lipinski definition) is 1. The Labute approximate surface area is 169 Å². The van der Waals surface area contributed by atoms with Crippen LogP contribution in [-0.4, -0.2) is 28.6 Å². The van der Waals surface area contributed by atoms with Crippen molar-refractivity contribution < 1.29 is 19.4 Å². The third-order valence-corrected chi connectivity index (χ3v) is 9.41. The van der Waals surface area contributed by atoms with Gasteiger partial charge in [0, 0.05) is 12.3 Å². The summed E-state index contributed by atoms with van der Waals surface area (Å²) in [5.41, 5.74) is 0.410. The van der Waals surface area contributed by atoms with Crippen molar-refractivity contribution in [3.8, 4) is 0 Å². The molecule has 0 radical (unpaired) electrons. The number of aliphatic hydroxyl groups excluding tert-OH is 1. The highest BCUT2D eigenvalue weighted by Crippen LogP contribution is 2.69. The summed E-state index contributed by atoms with van der Waals surface area (Å²) in [5.74, 6) is 1.72. The van der Waals surface area contributed by atoms with Gasteiger partial charge in [0.05, 0.1) is 6.10 Å². The second-order valence-electron chi connectivity index (χ2n) is 10.6. The Morgan fingerprint density at radius 2 is 1.75 bits per heavy atom. The SMILES string of the molecule is CC(=O)O[C@]1(C(C)=O)CC[C@H]2[C@@H]3C[C@@H](C)C4=C[C@H](O)CC[C@]4(C)[C@H]3CC[C@@]21C. The molecule has 4 aliphatic carbocycles. The number of aliphatic hydroxyl groups is 1. The fraction of sp³-hybridized carbons (Fsp3) is 0.833. The second kappa shape index (κ2) is 6.42. The van der Waals surface area contributed by atoms with Gasteiger partial charge >= 0.3 is 5.97 Å². The molecule has 3 saturated carbocycles. The quantitative estimate of drug-likeness (QED) is 0.561. The van der Waals surface area contributed by atoms with Crippen molar-refractivity contribution in [1.82, 2.24) is 0 Å². The van der Waals surface area contributed by atoms with Gasteiger partial charge in [0.2, 0.25) is 0 Å². The number of allylic oxidation sites excluding steroid dienone is 1. The van der Waals surface area contributed by atoms with Gasteiger partial charge in [-0.05, 0) is 81.0 Å². The molecule has 8 atom stereocenters. The van der Waals surface area contributed by atoms with Gasteiger partial charge in [-0.1, -0.05) is 32.4 Å². The number of rotatable bonds is 2. The lowest BCUT2D eigenvalue weighted by atomic mass is 9.44. The van der Waals surface area contributed by atoms with E-state index in [-0.39, 0.29) is 28.7 Å². The Hall–Kier alpha value is -1.16. The summed E-state index contributed by atoms with van der Waals surface area (Å²) in [6.45, 7) is 9.98. The molecule has 0 aromatic rings. The van der Waals surface area contributed by atoms with Crippen LogP contribution in [0.5, 0.6) is 0 Å². The van der Waals surface area contributed by atoms with Crippen molar-refractivity contribution in [1.29, 1.82) is 0 Å². The zero-order valence-corrected chi connectivity index (χ0v) is 18.1. The Bertz CT molecular complexity index is 726. The number of ketones is 1. The molecule has 0 saturated heterocycles. The largest absolute Gasteiger partial charge is 0.451 e. The minimum Gasteiger partial charge on any atom is -0.451 e. The molecule has 3 fully saturated rings. The van der Waals surface area contributed by atoms with Gasteiger partial charge in [0.15, 0.2) is 11.4 Å². The molecule has 0 heterocycles. The standard InChI is InChI=1S/C24H36O4/c1-14-12-18-19(22(4)9-6-17(27)13-21(14)22)7-10-23(5)20(18)8-11-24(23,15(2)25)28-16(3)26/h13-14,17-20,27H,6-12H2,1-5H3/t14-,17-,18-,19+,20+,22-,23+,24+/m1/s1.